The van der Waals surface area contributed by atoms with E-state index in [1.54, 1.807) is 66.9 Å². The molecule has 0 spiro atoms. The molecule has 0 unspecified atom stereocenters. The molecule has 1 saturated heterocycles. The van der Waals surface area contributed by atoms with Crippen LogP contribution in [0.3, 0.4) is 0 Å². The van der Waals surface area contributed by atoms with Crippen molar-refractivity contribution in [3.8, 4) is 0 Å². The standard InChI is InChI=1S/C25H22N4O3/c30-23(21-12-7-13-26-22(21)28-14-4-1-5-15-28)27-17-8-6-9-18(16-17)29-24(31)19-10-2-3-11-20(19)25(29)32/h2-3,6-13,16H,1,4-5,14-15H2,(H,27,30). The molecule has 32 heavy (non-hydrogen) atoms. The summed E-state index contributed by atoms with van der Waals surface area (Å²) in [5.74, 6) is -0.332. The highest BCUT2D eigenvalue weighted by Gasteiger charge is 2.36. The third kappa shape index (κ3) is 3.51. The molecule has 3 aromatic rings. The lowest BCUT2D eigenvalue weighted by molar-refractivity contribution is 0.0925. The van der Waals surface area contributed by atoms with Crippen molar-refractivity contribution in [3.05, 3.63) is 83.6 Å². The molecular weight excluding hydrogens is 404 g/mol. The molecule has 1 aromatic heterocycles. The molecule has 0 bridgehead atoms. The van der Waals surface area contributed by atoms with E-state index in [-0.39, 0.29) is 17.7 Å². The molecule has 3 heterocycles. The van der Waals surface area contributed by atoms with E-state index in [2.05, 4.69) is 15.2 Å². The van der Waals surface area contributed by atoms with E-state index in [9.17, 15) is 14.4 Å². The number of amides is 3. The molecule has 2 aromatic carbocycles. The van der Waals surface area contributed by atoms with Gasteiger partial charge in [0.15, 0.2) is 0 Å². The highest BCUT2D eigenvalue weighted by atomic mass is 16.2. The Morgan fingerprint density at radius 3 is 2.28 bits per heavy atom. The molecule has 0 radical (unpaired) electrons. The summed E-state index contributed by atoms with van der Waals surface area (Å²) in [4.78, 5) is 46.4. The van der Waals surface area contributed by atoms with E-state index in [4.69, 9.17) is 0 Å². The molecule has 1 fully saturated rings. The van der Waals surface area contributed by atoms with Crippen molar-refractivity contribution >= 4 is 34.9 Å². The second kappa shape index (κ2) is 8.26. The van der Waals surface area contributed by atoms with Crippen molar-refractivity contribution in [2.24, 2.45) is 0 Å². The predicted octanol–water partition coefficient (Wildman–Crippen LogP) is 4.12. The minimum absolute atomic E-state index is 0.279. The fourth-order valence-corrected chi connectivity index (χ4v) is 4.28. The smallest absolute Gasteiger partial charge is 0.266 e. The Balaban J connectivity index is 1.39. The van der Waals surface area contributed by atoms with Crippen LogP contribution in [0.15, 0.2) is 66.9 Å². The van der Waals surface area contributed by atoms with Crippen LogP contribution in [-0.4, -0.2) is 35.8 Å². The van der Waals surface area contributed by atoms with Crippen LogP contribution in [0.5, 0.6) is 0 Å². The summed E-state index contributed by atoms with van der Waals surface area (Å²) in [5, 5.41) is 2.90. The van der Waals surface area contributed by atoms with Crippen LogP contribution in [0, 0.1) is 0 Å². The Bertz CT molecular complexity index is 1180. The van der Waals surface area contributed by atoms with Crippen molar-refractivity contribution in [2.45, 2.75) is 19.3 Å². The second-order valence-corrected chi connectivity index (χ2v) is 7.92. The highest BCUT2D eigenvalue weighted by Crippen LogP contribution is 2.30. The quantitative estimate of drug-likeness (QED) is 0.635. The van der Waals surface area contributed by atoms with Gasteiger partial charge in [0.05, 0.1) is 22.4 Å². The van der Waals surface area contributed by atoms with Gasteiger partial charge in [0.2, 0.25) is 0 Å². The minimum Gasteiger partial charge on any atom is -0.356 e. The normalized spacial score (nSPS) is 15.6. The molecule has 2 aliphatic rings. The molecule has 3 amide bonds. The number of carbonyl (C=O) groups excluding carboxylic acids is 3. The number of anilines is 3. The fraction of sp³-hybridized carbons (Fsp3) is 0.200. The van der Waals surface area contributed by atoms with E-state index in [1.165, 1.54) is 6.42 Å². The Morgan fingerprint density at radius 1 is 0.844 bits per heavy atom. The molecular formula is C25H22N4O3. The Hall–Kier alpha value is -4.00. The molecule has 0 saturated carbocycles. The van der Waals surface area contributed by atoms with Gasteiger partial charge in [0.25, 0.3) is 17.7 Å². The van der Waals surface area contributed by atoms with Crippen LogP contribution in [0.25, 0.3) is 0 Å². The summed E-state index contributed by atoms with van der Waals surface area (Å²) >= 11 is 0. The van der Waals surface area contributed by atoms with Crippen LogP contribution >= 0.6 is 0 Å². The topological polar surface area (TPSA) is 82.6 Å². The van der Waals surface area contributed by atoms with Crippen molar-refractivity contribution in [2.75, 3.05) is 28.2 Å². The van der Waals surface area contributed by atoms with Gasteiger partial charge in [-0.15, -0.1) is 0 Å². The number of nitrogens with zero attached hydrogens (tertiary/aromatic N) is 3. The highest BCUT2D eigenvalue weighted by molar-refractivity contribution is 6.34. The Kier molecular flexibility index (Phi) is 5.15. The molecule has 2 aliphatic heterocycles. The predicted molar refractivity (Wildman–Crippen MR) is 122 cm³/mol. The number of nitrogens with one attached hydrogen (secondary N) is 1. The third-order valence-corrected chi connectivity index (χ3v) is 5.84. The first-order valence-electron chi connectivity index (χ1n) is 10.7. The number of hydrogen-bond donors (Lipinski definition) is 1. The number of fused-ring (bicyclic) bond motifs is 1. The number of piperidine rings is 1. The number of hydrogen-bond acceptors (Lipinski definition) is 5. The summed E-state index contributed by atoms with van der Waals surface area (Å²) in [7, 11) is 0. The van der Waals surface area contributed by atoms with Crippen LogP contribution in [0.4, 0.5) is 17.2 Å². The van der Waals surface area contributed by atoms with Crippen LogP contribution in [0.2, 0.25) is 0 Å². The number of pyridine rings is 1. The Labute approximate surface area is 185 Å². The molecule has 0 aliphatic carbocycles. The first-order valence-corrected chi connectivity index (χ1v) is 10.7. The van der Waals surface area contributed by atoms with E-state index < -0.39 is 0 Å². The molecule has 7 heteroatoms. The number of imide groups is 1. The van der Waals surface area contributed by atoms with Crippen LogP contribution in [0.1, 0.15) is 50.3 Å². The molecule has 1 N–H and O–H groups in total. The largest absolute Gasteiger partial charge is 0.356 e. The van der Waals surface area contributed by atoms with Gasteiger partial charge < -0.3 is 10.2 Å². The van der Waals surface area contributed by atoms with E-state index in [0.29, 0.717) is 33.9 Å². The minimum atomic E-state index is -0.367. The van der Waals surface area contributed by atoms with E-state index in [0.717, 1.165) is 30.8 Å². The molecule has 160 valence electrons. The van der Waals surface area contributed by atoms with Crippen LogP contribution < -0.4 is 15.1 Å². The second-order valence-electron chi connectivity index (χ2n) is 7.92. The van der Waals surface area contributed by atoms with Gasteiger partial charge in [-0.1, -0.05) is 18.2 Å². The van der Waals surface area contributed by atoms with Gasteiger partial charge in [-0.2, -0.15) is 0 Å². The third-order valence-electron chi connectivity index (χ3n) is 5.84. The van der Waals surface area contributed by atoms with Crippen LogP contribution in [-0.2, 0) is 0 Å². The molecule has 5 rings (SSSR count). The Morgan fingerprint density at radius 2 is 1.56 bits per heavy atom. The van der Waals surface area contributed by atoms with Gasteiger partial charge in [0, 0.05) is 25.0 Å². The monoisotopic (exact) mass is 426 g/mol. The average molecular weight is 426 g/mol. The first kappa shape index (κ1) is 19.9. The molecule has 0 atom stereocenters. The van der Waals surface area contributed by atoms with Crippen molar-refractivity contribution in [1.29, 1.82) is 0 Å². The van der Waals surface area contributed by atoms with Gasteiger partial charge in [-0.05, 0) is 61.7 Å². The summed E-state index contributed by atoms with van der Waals surface area (Å²) in [5.41, 5.74) is 2.18. The number of rotatable bonds is 4. The van der Waals surface area contributed by atoms with Crippen molar-refractivity contribution in [3.63, 3.8) is 0 Å². The summed E-state index contributed by atoms with van der Waals surface area (Å²) in [6, 6.07) is 17.0. The average Bonchev–Trinajstić information content (AvgIpc) is 3.10. The zero-order valence-corrected chi connectivity index (χ0v) is 17.5. The van der Waals surface area contributed by atoms with Gasteiger partial charge in [0.1, 0.15) is 5.82 Å². The number of carbonyl (C=O) groups is 3. The first-order chi connectivity index (χ1) is 15.6. The van der Waals surface area contributed by atoms with Gasteiger partial charge >= 0.3 is 0 Å². The van der Waals surface area contributed by atoms with Gasteiger partial charge in [-0.25, -0.2) is 9.88 Å². The molecule has 7 nitrogen and oxygen atoms in total. The van der Waals surface area contributed by atoms with E-state index >= 15 is 0 Å². The SMILES string of the molecule is O=C(Nc1cccc(N2C(=O)c3ccccc3C2=O)c1)c1cccnc1N1CCCCC1. The number of benzene rings is 2. The zero-order chi connectivity index (χ0) is 22.1. The van der Waals surface area contributed by atoms with Crippen molar-refractivity contribution < 1.29 is 14.4 Å². The lowest BCUT2D eigenvalue weighted by Gasteiger charge is -2.29. The summed E-state index contributed by atoms with van der Waals surface area (Å²) in [6.45, 7) is 1.76. The maximum Gasteiger partial charge on any atom is 0.266 e. The summed E-state index contributed by atoms with van der Waals surface area (Å²) in [6.07, 6.45) is 5.05. The maximum absolute atomic E-state index is 13.1. The van der Waals surface area contributed by atoms with Crippen molar-refractivity contribution in [1.82, 2.24) is 4.98 Å². The lowest BCUT2D eigenvalue weighted by atomic mass is 10.1. The van der Waals surface area contributed by atoms with Gasteiger partial charge in [-0.3, -0.25) is 14.4 Å². The number of aromatic nitrogens is 1. The fourth-order valence-electron chi connectivity index (χ4n) is 4.28. The van der Waals surface area contributed by atoms with E-state index in [1.807, 2.05) is 0 Å². The summed E-state index contributed by atoms with van der Waals surface area (Å²) < 4.78 is 0. The lowest BCUT2D eigenvalue weighted by Crippen LogP contribution is -2.32. The zero-order valence-electron chi connectivity index (χ0n) is 17.5. The maximum atomic E-state index is 13.1.